The summed E-state index contributed by atoms with van der Waals surface area (Å²) in [6.45, 7) is 0. The first-order valence-electron chi connectivity index (χ1n) is 7.15. The maximum absolute atomic E-state index is 13.7. The van der Waals surface area contributed by atoms with Gasteiger partial charge in [0.2, 0.25) is 0 Å². The molecule has 15 heteroatoms. The van der Waals surface area contributed by atoms with E-state index in [1.165, 1.54) is 30.3 Å². The van der Waals surface area contributed by atoms with E-state index >= 15 is 0 Å². The van der Waals surface area contributed by atoms with Gasteiger partial charge in [0.05, 0.1) is 5.75 Å². The van der Waals surface area contributed by atoms with E-state index in [2.05, 4.69) is 3.63 Å². The van der Waals surface area contributed by atoms with Crippen molar-refractivity contribution >= 4 is 26.2 Å². The summed E-state index contributed by atoms with van der Waals surface area (Å²) >= 11 is 0. The van der Waals surface area contributed by atoms with Crippen LogP contribution in [0.1, 0.15) is 10.4 Å². The highest BCUT2D eigenvalue weighted by Crippen LogP contribution is 2.57. The summed E-state index contributed by atoms with van der Waals surface area (Å²) in [5.41, 5.74) is -0.0326. The van der Waals surface area contributed by atoms with Gasteiger partial charge < -0.3 is 0 Å². The highest BCUT2D eigenvalue weighted by atomic mass is 32.3. The van der Waals surface area contributed by atoms with Gasteiger partial charge in [0.25, 0.3) is 0 Å². The molecule has 29 heavy (non-hydrogen) atoms. The van der Waals surface area contributed by atoms with Gasteiger partial charge in [-0.1, -0.05) is 30.3 Å². The number of halogens is 9. The van der Waals surface area contributed by atoms with Crippen LogP contribution >= 0.6 is 10.3 Å². The molecule has 168 valence electrons. The minimum atomic E-state index is -7.39. The lowest BCUT2D eigenvalue weighted by Gasteiger charge is -2.35. The summed E-state index contributed by atoms with van der Waals surface area (Å²) in [6.07, 6.45) is -5.68. The summed E-state index contributed by atoms with van der Waals surface area (Å²) in [5, 5.41) is -6.96. The Hall–Kier alpha value is -1.48. The van der Waals surface area contributed by atoms with Crippen molar-refractivity contribution in [3.05, 3.63) is 35.9 Å². The SMILES string of the molecule is CS(C)(CC(=O)c1ccccc1)OS(=O)(=O)C(F)(F)C(F)(F)C(F)(F)C(F)(F)F. The predicted molar refractivity (Wildman–Crippen MR) is 86.0 cm³/mol. The first-order valence-corrected chi connectivity index (χ1v) is 11.1. The molecule has 0 radical (unpaired) electrons. The largest absolute Gasteiger partial charge is 0.460 e. The molecule has 0 saturated carbocycles. The van der Waals surface area contributed by atoms with Gasteiger partial charge in [0.15, 0.2) is 5.78 Å². The van der Waals surface area contributed by atoms with Crippen LogP contribution in [0.3, 0.4) is 0 Å². The molecule has 1 aromatic rings. The second-order valence-electron chi connectivity index (χ2n) is 6.06. The Labute approximate surface area is 160 Å². The third-order valence-electron chi connectivity index (χ3n) is 3.28. The monoisotopic (exact) mass is 480 g/mol. The number of hydrogen-bond donors (Lipinski definition) is 0. The Morgan fingerprint density at radius 3 is 1.72 bits per heavy atom. The Kier molecular flexibility index (Phi) is 6.74. The van der Waals surface area contributed by atoms with Crippen LogP contribution in [-0.4, -0.2) is 55.7 Å². The van der Waals surface area contributed by atoms with Crippen LogP contribution < -0.4 is 0 Å². The lowest BCUT2D eigenvalue weighted by molar-refractivity contribution is -0.382. The minimum absolute atomic E-state index is 0.0326. The van der Waals surface area contributed by atoms with Crippen molar-refractivity contribution in [2.45, 2.75) is 23.3 Å². The van der Waals surface area contributed by atoms with Crippen molar-refractivity contribution < 1.29 is 56.4 Å². The molecule has 0 unspecified atom stereocenters. The lowest BCUT2D eigenvalue weighted by Crippen LogP contribution is -2.63. The maximum Gasteiger partial charge on any atom is 0.460 e. The van der Waals surface area contributed by atoms with Gasteiger partial charge in [-0.05, 0) is 12.5 Å². The summed E-state index contributed by atoms with van der Waals surface area (Å²) < 4.78 is 143. The summed E-state index contributed by atoms with van der Waals surface area (Å²) in [7, 11) is -10.5. The van der Waals surface area contributed by atoms with Crippen LogP contribution in [0.4, 0.5) is 39.5 Å². The number of rotatable bonds is 8. The predicted octanol–water partition coefficient (Wildman–Crippen LogP) is 4.62. The van der Waals surface area contributed by atoms with Crippen LogP contribution in [0, 0.1) is 0 Å². The molecule has 1 aromatic carbocycles. The molecule has 4 nitrogen and oxygen atoms in total. The van der Waals surface area contributed by atoms with E-state index in [0.717, 1.165) is 12.5 Å². The van der Waals surface area contributed by atoms with Crippen molar-refractivity contribution in [2.75, 3.05) is 18.3 Å². The van der Waals surface area contributed by atoms with Crippen molar-refractivity contribution in [1.29, 1.82) is 0 Å². The Morgan fingerprint density at radius 2 is 1.31 bits per heavy atom. The Morgan fingerprint density at radius 1 is 0.862 bits per heavy atom. The molecule has 0 spiro atoms. The first kappa shape index (κ1) is 25.6. The van der Waals surface area contributed by atoms with Gasteiger partial charge >= 0.3 is 33.4 Å². The first-order chi connectivity index (χ1) is 12.7. The Bertz CT molecular complexity index is 850. The van der Waals surface area contributed by atoms with Crippen LogP contribution in [0.5, 0.6) is 0 Å². The quantitative estimate of drug-likeness (QED) is 0.403. The molecule has 0 N–H and O–H groups in total. The van der Waals surface area contributed by atoms with Gasteiger partial charge in [-0.15, -0.1) is 10.3 Å². The summed E-state index contributed by atoms with van der Waals surface area (Å²) in [5.74, 6) is -16.6. The van der Waals surface area contributed by atoms with E-state index in [-0.39, 0.29) is 5.56 Å². The number of alkyl halides is 9. The molecule has 0 bridgehead atoms. The smallest absolute Gasteiger partial charge is 0.293 e. The normalized spacial score (nSPS) is 15.3. The van der Waals surface area contributed by atoms with Crippen LogP contribution in [0.25, 0.3) is 0 Å². The minimum Gasteiger partial charge on any atom is -0.293 e. The fourth-order valence-electron chi connectivity index (χ4n) is 1.85. The molecular weight excluding hydrogens is 467 g/mol. The zero-order valence-electron chi connectivity index (χ0n) is 14.4. The summed E-state index contributed by atoms with van der Waals surface area (Å²) in [4.78, 5) is 12.0. The average Bonchev–Trinajstić information content (AvgIpc) is 2.52. The third kappa shape index (κ3) is 4.82. The molecule has 1 rings (SSSR count). The second-order valence-corrected chi connectivity index (χ2v) is 11.2. The molecule has 0 saturated heterocycles. The Balaban J connectivity index is 3.21. The van der Waals surface area contributed by atoms with E-state index in [4.69, 9.17) is 0 Å². The molecule has 0 heterocycles. The van der Waals surface area contributed by atoms with Crippen molar-refractivity contribution in [2.24, 2.45) is 0 Å². The number of ketones is 1. The van der Waals surface area contributed by atoms with E-state index < -0.39 is 55.2 Å². The van der Waals surface area contributed by atoms with Crippen molar-refractivity contribution in [3.63, 3.8) is 0 Å². The van der Waals surface area contributed by atoms with Crippen LogP contribution in [-0.2, 0) is 13.7 Å². The molecule has 0 fully saturated rings. The zero-order valence-corrected chi connectivity index (χ0v) is 16.1. The van der Waals surface area contributed by atoms with E-state index in [1.54, 1.807) is 0 Å². The fourth-order valence-corrected chi connectivity index (χ4v) is 5.56. The van der Waals surface area contributed by atoms with E-state index in [0.29, 0.717) is 0 Å². The van der Waals surface area contributed by atoms with Crippen molar-refractivity contribution in [3.8, 4) is 0 Å². The van der Waals surface area contributed by atoms with Gasteiger partial charge in [0.1, 0.15) is 0 Å². The van der Waals surface area contributed by atoms with E-state index in [1.807, 2.05) is 0 Å². The number of hydrogen-bond acceptors (Lipinski definition) is 4. The molecular formula is C14H13F9O4S2. The fraction of sp³-hybridized carbons (Fsp3) is 0.500. The van der Waals surface area contributed by atoms with Gasteiger partial charge in [-0.3, -0.25) is 4.79 Å². The average molecular weight is 480 g/mol. The molecule has 0 amide bonds. The number of benzene rings is 1. The summed E-state index contributed by atoms with van der Waals surface area (Å²) in [6, 6.07) is 6.78. The number of carbonyl (C=O) groups excluding carboxylic acids is 1. The van der Waals surface area contributed by atoms with Crippen molar-refractivity contribution in [1.82, 2.24) is 0 Å². The topological polar surface area (TPSA) is 60.4 Å². The molecule has 0 aliphatic rings. The lowest BCUT2D eigenvalue weighted by atomic mass is 10.1. The standard InChI is InChI=1S/C14H13F9O4S2/c1-28(2,8-10(24)9-6-4-3-5-7-9)27-29(25,26)14(22,23)12(17,18)11(15,16)13(19,20)21/h3-7H,8H2,1-2H3. The van der Waals surface area contributed by atoms with Gasteiger partial charge in [-0.2, -0.15) is 47.9 Å². The molecule has 0 aromatic heterocycles. The number of carbonyl (C=O) groups is 1. The number of Topliss-reactive ketones (excluding diaryl/α,β-unsaturated/α-hetero) is 1. The molecule has 0 aliphatic heterocycles. The highest BCUT2D eigenvalue weighted by Gasteiger charge is 2.86. The van der Waals surface area contributed by atoms with Crippen LogP contribution in [0.2, 0.25) is 0 Å². The molecule has 0 aliphatic carbocycles. The van der Waals surface area contributed by atoms with Gasteiger partial charge in [0, 0.05) is 5.56 Å². The maximum atomic E-state index is 13.7. The van der Waals surface area contributed by atoms with Gasteiger partial charge in [-0.25, -0.2) is 3.63 Å². The zero-order chi connectivity index (χ0) is 23.1. The highest BCUT2D eigenvalue weighted by molar-refractivity contribution is 8.32. The second kappa shape index (κ2) is 7.65. The van der Waals surface area contributed by atoms with Crippen LogP contribution in [0.15, 0.2) is 30.3 Å². The third-order valence-corrected chi connectivity index (χ3v) is 7.31. The molecule has 0 atom stereocenters. The van der Waals surface area contributed by atoms with E-state index in [9.17, 15) is 52.7 Å².